The summed E-state index contributed by atoms with van der Waals surface area (Å²) in [6.45, 7) is 0.503. The molecule has 0 spiro atoms. The lowest BCUT2D eigenvalue weighted by molar-refractivity contribution is 0.180. The molecular weight excluding hydrogens is 188 g/mol. The molecular formula is C12H12N2O. The summed E-state index contributed by atoms with van der Waals surface area (Å²) in [5.41, 5.74) is 4.85. The molecule has 1 aromatic heterocycles. The van der Waals surface area contributed by atoms with Crippen LogP contribution < -0.4 is 5.48 Å². The van der Waals surface area contributed by atoms with Crippen molar-refractivity contribution in [2.45, 2.75) is 6.61 Å². The Balaban J connectivity index is 1.81. The SMILES string of the molecule is c1ccc(NOCc2cccnc2)cc1. The number of nitrogens with zero attached hydrogens (tertiary/aromatic N) is 1. The lowest BCUT2D eigenvalue weighted by Gasteiger charge is -2.05. The second-order valence-corrected chi connectivity index (χ2v) is 3.12. The highest BCUT2D eigenvalue weighted by Crippen LogP contribution is 2.06. The van der Waals surface area contributed by atoms with Crippen LogP contribution in [-0.4, -0.2) is 4.98 Å². The van der Waals surface area contributed by atoms with Crippen LogP contribution in [0.25, 0.3) is 0 Å². The highest BCUT2D eigenvalue weighted by molar-refractivity contribution is 5.40. The van der Waals surface area contributed by atoms with E-state index in [-0.39, 0.29) is 0 Å². The molecule has 0 bridgehead atoms. The molecule has 1 heterocycles. The van der Waals surface area contributed by atoms with Crippen molar-refractivity contribution in [1.29, 1.82) is 0 Å². The number of para-hydroxylation sites is 1. The second-order valence-electron chi connectivity index (χ2n) is 3.12. The van der Waals surface area contributed by atoms with Gasteiger partial charge in [0.15, 0.2) is 0 Å². The summed E-state index contributed by atoms with van der Waals surface area (Å²) in [4.78, 5) is 9.32. The average Bonchev–Trinajstić information content (AvgIpc) is 2.32. The third-order valence-corrected chi connectivity index (χ3v) is 1.93. The largest absolute Gasteiger partial charge is 0.271 e. The van der Waals surface area contributed by atoms with Gasteiger partial charge < -0.3 is 0 Å². The lowest BCUT2D eigenvalue weighted by Crippen LogP contribution is -2.01. The van der Waals surface area contributed by atoms with Crippen LogP contribution in [0.1, 0.15) is 5.56 Å². The molecule has 0 fully saturated rings. The molecule has 2 rings (SSSR count). The van der Waals surface area contributed by atoms with Crippen molar-refractivity contribution in [2.75, 3.05) is 5.48 Å². The fourth-order valence-electron chi connectivity index (χ4n) is 1.19. The molecule has 15 heavy (non-hydrogen) atoms. The van der Waals surface area contributed by atoms with Gasteiger partial charge >= 0.3 is 0 Å². The third kappa shape index (κ3) is 3.07. The number of pyridine rings is 1. The molecule has 76 valence electrons. The molecule has 0 unspecified atom stereocenters. The van der Waals surface area contributed by atoms with Gasteiger partial charge in [0, 0.05) is 12.4 Å². The summed E-state index contributed by atoms with van der Waals surface area (Å²) in [7, 11) is 0. The molecule has 0 aliphatic carbocycles. The van der Waals surface area contributed by atoms with Crippen LogP contribution in [0.2, 0.25) is 0 Å². The Morgan fingerprint density at radius 1 is 1.07 bits per heavy atom. The Morgan fingerprint density at radius 3 is 2.67 bits per heavy atom. The molecule has 1 N–H and O–H groups in total. The molecule has 2 aromatic rings. The number of benzene rings is 1. The van der Waals surface area contributed by atoms with Gasteiger partial charge in [0.2, 0.25) is 0 Å². The number of hydrogen-bond acceptors (Lipinski definition) is 3. The Morgan fingerprint density at radius 2 is 1.93 bits per heavy atom. The summed E-state index contributed by atoms with van der Waals surface area (Å²) in [6.07, 6.45) is 3.53. The number of aromatic nitrogens is 1. The monoisotopic (exact) mass is 200 g/mol. The minimum Gasteiger partial charge on any atom is -0.271 e. The summed E-state index contributed by atoms with van der Waals surface area (Å²) < 4.78 is 0. The maximum atomic E-state index is 5.32. The molecule has 1 aromatic carbocycles. The first kappa shape index (κ1) is 9.68. The summed E-state index contributed by atoms with van der Waals surface area (Å²) in [5.74, 6) is 0. The van der Waals surface area contributed by atoms with Crippen LogP contribution >= 0.6 is 0 Å². The fraction of sp³-hybridized carbons (Fsp3) is 0.0833. The van der Waals surface area contributed by atoms with Crippen LogP contribution in [0.4, 0.5) is 5.69 Å². The van der Waals surface area contributed by atoms with Crippen LogP contribution in [0.5, 0.6) is 0 Å². The highest BCUT2D eigenvalue weighted by Gasteiger charge is 1.92. The second kappa shape index (κ2) is 5.12. The van der Waals surface area contributed by atoms with Crippen molar-refractivity contribution in [3.63, 3.8) is 0 Å². The summed E-state index contributed by atoms with van der Waals surface area (Å²) >= 11 is 0. The lowest BCUT2D eigenvalue weighted by atomic mass is 10.3. The van der Waals surface area contributed by atoms with Gasteiger partial charge in [0.25, 0.3) is 0 Å². The maximum Gasteiger partial charge on any atom is 0.101 e. The number of anilines is 1. The number of rotatable bonds is 4. The Hall–Kier alpha value is -1.87. The van der Waals surface area contributed by atoms with Gasteiger partial charge in [0.05, 0.1) is 5.69 Å². The van der Waals surface area contributed by atoms with E-state index < -0.39 is 0 Å². The third-order valence-electron chi connectivity index (χ3n) is 1.93. The van der Waals surface area contributed by atoms with E-state index >= 15 is 0 Å². The van der Waals surface area contributed by atoms with E-state index in [0.717, 1.165) is 11.3 Å². The zero-order valence-electron chi connectivity index (χ0n) is 8.26. The van der Waals surface area contributed by atoms with Gasteiger partial charge in [-0.25, -0.2) is 0 Å². The van der Waals surface area contributed by atoms with Crippen molar-refractivity contribution >= 4 is 5.69 Å². The van der Waals surface area contributed by atoms with Crippen molar-refractivity contribution in [2.24, 2.45) is 0 Å². The number of hydrogen-bond donors (Lipinski definition) is 1. The first-order chi connectivity index (χ1) is 7.45. The quantitative estimate of drug-likeness (QED) is 0.770. The molecule has 0 saturated carbocycles. The van der Waals surface area contributed by atoms with Crippen molar-refractivity contribution in [1.82, 2.24) is 4.98 Å². The van der Waals surface area contributed by atoms with E-state index in [1.54, 1.807) is 12.4 Å². The molecule has 0 atom stereocenters. The molecule has 3 heteroatoms. The molecule has 0 radical (unpaired) electrons. The van der Waals surface area contributed by atoms with Gasteiger partial charge in [-0.3, -0.25) is 15.3 Å². The first-order valence-corrected chi connectivity index (χ1v) is 4.77. The van der Waals surface area contributed by atoms with Gasteiger partial charge in [-0.15, -0.1) is 0 Å². The normalized spacial score (nSPS) is 9.87. The first-order valence-electron chi connectivity index (χ1n) is 4.77. The summed E-state index contributed by atoms with van der Waals surface area (Å²) in [5, 5.41) is 0. The minimum absolute atomic E-state index is 0.503. The van der Waals surface area contributed by atoms with E-state index in [1.807, 2.05) is 42.5 Å². The molecule has 3 nitrogen and oxygen atoms in total. The van der Waals surface area contributed by atoms with Gasteiger partial charge in [-0.1, -0.05) is 24.3 Å². The predicted molar refractivity (Wildman–Crippen MR) is 59.1 cm³/mol. The van der Waals surface area contributed by atoms with E-state index in [9.17, 15) is 0 Å². The van der Waals surface area contributed by atoms with Crippen molar-refractivity contribution < 1.29 is 4.84 Å². The van der Waals surface area contributed by atoms with Crippen LogP contribution in [0.15, 0.2) is 54.9 Å². The highest BCUT2D eigenvalue weighted by atomic mass is 16.6. The van der Waals surface area contributed by atoms with E-state index in [2.05, 4.69) is 10.5 Å². The maximum absolute atomic E-state index is 5.32. The van der Waals surface area contributed by atoms with Gasteiger partial charge in [0.1, 0.15) is 6.61 Å². The predicted octanol–water partition coefficient (Wildman–Crippen LogP) is 2.63. The molecule has 0 aliphatic rings. The zero-order valence-corrected chi connectivity index (χ0v) is 8.26. The fourth-order valence-corrected chi connectivity index (χ4v) is 1.19. The molecule has 0 amide bonds. The van der Waals surface area contributed by atoms with E-state index in [4.69, 9.17) is 4.84 Å². The summed E-state index contributed by atoms with van der Waals surface area (Å²) in [6, 6.07) is 13.6. The Bertz CT molecular complexity index is 349. The van der Waals surface area contributed by atoms with Crippen molar-refractivity contribution in [3.05, 3.63) is 60.4 Å². The molecule has 0 aliphatic heterocycles. The van der Waals surface area contributed by atoms with Gasteiger partial charge in [-0.05, 0) is 23.8 Å². The van der Waals surface area contributed by atoms with Crippen molar-refractivity contribution in [3.8, 4) is 0 Å². The topological polar surface area (TPSA) is 34.1 Å². The minimum atomic E-state index is 0.503. The van der Waals surface area contributed by atoms with Crippen LogP contribution in [-0.2, 0) is 11.4 Å². The average molecular weight is 200 g/mol. The van der Waals surface area contributed by atoms with Gasteiger partial charge in [-0.2, -0.15) is 0 Å². The van der Waals surface area contributed by atoms with Crippen LogP contribution in [0.3, 0.4) is 0 Å². The van der Waals surface area contributed by atoms with E-state index in [0.29, 0.717) is 6.61 Å². The number of nitrogens with one attached hydrogen (secondary N) is 1. The molecule has 0 saturated heterocycles. The smallest absolute Gasteiger partial charge is 0.101 e. The van der Waals surface area contributed by atoms with Crippen LogP contribution in [0, 0.1) is 0 Å². The Kier molecular flexibility index (Phi) is 3.30. The standard InChI is InChI=1S/C12H12N2O/c1-2-6-12(7-3-1)14-15-10-11-5-4-8-13-9-11/h1-9,14H,10H2. The zero-order chi connectivity index (χ0) is 10.3. The Labute approximate surface area is 88.7 Å². The van der Waals surface area contributed by atoms with E-state index in [1.165, 1.54) is 0 Å².